The molecule has 152 valence electrons. The normalized spacial score (nSPS) is 13.4. The Hall–Kier alpha value is -2.85. The number of sulfone groups is 1. The standard InChI is InChI=1S/C22H24N2O4S/c1-2-28-20-8-5-17-11-13-24(16-19(17)15-20)22(25)18-6-9-21(10-7-18)29(26,27)14-4-3-12-23/h5-10,15H,2-4,11,13-14,16H2,1H3. The molecular weight excluding hydrogens is 388 g/mol. The summed E-state index contributed by atoms with van der Waals surface area (Å²) in [6.45, 7) is 3.65. The molecule has 0 atom stereocenters. The largest absolute Gasteiger partial charge is 0.494 e. The molecule has 0 fully saturated rings. The van der Waals surface area contributed by atoms with Gasteiger partial charge in [-0.05, 0) is 67.3 Å². The number of nitriles is 1. The molecule has 1 aliphatic rings. The summed E-state index contributed by atoms with van der Waals surface area (Å²) in [7, 11) is -3.44. The number of nitrogens with zero attached hydrogens (tertiary/aromatic N) is 2. The van der Waals surface area contributed by atoms with Crippen molar-refractivity contribution in [2.45, 2.75) is 37.6 Å². The van der Waals surface area contributed by atoms with Crippen molar-refractivity contribution in [3.8, 4) is 11.8 Å². The summed E-state index contributed by atoms with van der Waals surface area (Å²) in [5.41, 5.74) is 2.76. The Morgan fingerprint density at radius 2 is 1.93 bits per heavy atom. The first kappa shape index (κ1) is 20.9. The van der Waals surface area contributed by atoms with Gasteiger partial charge in [0.15, 0.2) is 9.84 Å². The third kappa shape index (κ3) is 4.96. The topological polar surface area (TPSA) is 87.5 Å². The first-order chi connectivity index (χ1) is 13.9. The highest BCUT2D eigenvalue weighted by Crippen LogP contribution is 2.25. The van der Waals surface area contributed by atoms with E-state index in [9.17, 15) is 13.2 Å². The zero-order chi connectivity index (χ0) is 20.9. The maximum absolute atomic E-state index is 12.9. The Bertz CT molecular complexity index is 1020. The molecule has 7 heteroatoms. The van der Waals surface area contributed by atoms with Gasteiger partial charge >= 0.3 is 0 Å². The third-order valence-electron chi connectivity index (χ3n) is 4.95. The highest BCUT2D eigenvalue weighted by atomic mass is 32.2. The molecule has 0 N–H and O–H groups in total. The van der Waals surface area contributed by atoms with Crippen molar-refractivity contribution in [3.05, 3.63) is 59.2 Å². The van der Waals surface area contributed by atoms with Gasteiger partial charge in [0, 0.05) is 25.1 Å². The van der Waals surface area contributed by atoms with E-state index in [-0.39, 0.29) is 23.0 Å². The van der Waals surface area contributed by atoms with Gasteiger partial charge in [-0.1, -0.05) is 6.07 Å². The summed E-state index contributed by atoms with van der Waals surface area (Å²) in [5.74, 6) is 0.608. The molecule has 0 aliphatic carbocycles. The minimum absolute atomic E-state index is 0.0705. The number of carbonyl (C=O) groups excluding carboxylic acids is 1. The van der Waals surface area contributed by atoms with E-state index in [1.807, 2.05) is 31.2 Å². The molecule has 2 aromatic rings. The fourth-order valence-electron chi connectivity index (χ4n) is 3.41. The number of rotatable bonds is 7. The van der Waals surface area contributed by atoms with E-state index < -0.39 is 9.84 Å². The highest BCUT2D eigenvalue weighted by Gasteiger charge is 2.23. The van der Waals surface area contributed by atoms with Gasteiger partial charge in [-0.25, -0.2) is 8.42 Å². The predicted octanol–water partition coefficient (Wildman–Crippen LogP) is 3.36. The average Bonchev–Trinajstić information content (AvgIpc) is 2.73. The molecule has 29 heavy (non-hydrogen) atoms. The molecule has 3 rings (SSSR count). The second-order valence-electron chi connectivity index (χ2n) is 6.95. The number of benzene rings is 2. The summed E-state index contributed by atoms with van der Waals surface area (Å²) >= 11 is 0. The van der Waals surface area contributed by atoms with Gasteiger partial charge in [-0.3, -0.25) is 4.79 Å². The molecule has 1 aliphatic heterocycles. The molecule has 0 radical (unpaired) electrons. The van der Waals surface area contributed by atoms with Crippen LogP contribution >= 0.6 is 0 Å². The fraction of sp³-hybridized carbons (Fsp3) is 0.364. The molecule has 0 saturated carbocycles. The number of ether oxygens (including phenoxy) is 1. The van der Waals surface area contributed by atoms with Crippen LogP contribution in [0.1, 0.15) is 41.3 Å². The van der Waals surface area contributed by atoms with Crippen LogP contribution in [0.4, 0.5) is 0 Å². The molecule has 0 saturated heterocycles. The van der Waals surface area contributed by atoms with E-state index in [4.69, 9.17) is 10.00 Å². The van der Waals surface area contributed by atoms with Crippen LogP contribution in [0.15, 0.2) is 47.4 Å². The molecule has 1 amide bonds. The lowest BCUT2D eigenvalue weighted by atomic mass is 9.99. The predicted molar refractivity (Wildman–Crippen MR) is 109 cm³/mol. The number of fused-ring (bicyclic) bond motifs is 1. The van der Waals surface area contributed by atoms with Crippen molar-refractivity contribution in [3.63, 3.8) is 0 Å². The minimum Gasteiger partial charge on any atom is -0.494 e. The van der Waals surface area contributed by atoms with Gasteiger partial charge in [0.05, 0.1) is 23.3 Å². The number of carbonyl (C=O) groups is 1. The lowest BCUT2D eigenvalue weighted by molar-refractivity contribution is 0.0734. The SMILES string of the molecule is CCOc1ccc2c(c1)CN(C(=O)c1ccc(S(=O)(=O)CCCC#N)cc1)CC2. The minimum atomic E-state index is -3.44. The van der Waals surface area contributed by atoms with Crippen molar-refractivity contribution < 1.29 is 17.9 Å². The molecule has 0 unspecified atom stereocenters. The van der Waals surface area contributed by atoms with Gasteiger partial charge in [-0.2, -0.15) is 5.26 Å². The summed E-state index contributed by atoms with van der Waals surface area (Å²) in [6.07, 6.45) is 1.28. The second kappa shape index (κ2) is 9.10. The van der Waals surface area contributed by atoms with E-state index in [1.54, 1.807) is 17.0 Å². The highest BCUT2D eigenvalue weighted by molar-refractivity contribution is 7.91. The monoisotopic (exact) mass is 412 g/mol. The zero-order valence-electron chi connectivity index (χ0n) is 16.4. The lowest BCUT2D eigenvalue weighted by Gasteiger charge is -2.29. The van der Waals surface area contributed by atoms with Crippen molar-refractivity contribution in [2.24, 2.45) is 0 Å². The lowest BCUT2D eigenvalue weighted by Crippen LogP contribution is -2.36. The first-order valence-electron chi connectivity index (χ1n) is 9.68. The summed E-state index contributed by atoms with van der Waals surface area (Å²) < 4.78 is 30.1. The number of hydrogen-bond acceptors (Lipinski definition) is 5. The van der Waals surface area contributed by atoms with Crippen LogP contribution < -0.4 is 4.74 Å². The van der Waals surface area contributed by atoms with Crippen molar-refractivity contribution in [2.75, 3.05) is 18.9 Å². The molecular formula is C22H24N2O4S. The Balaban J connectivity index is 1.71. The zero-order valence-corrected chi connectivity index (χ0v) is 17.2. The van der Waals surface area contributed by atoms with Crippen molar-refractivity contribution in [1.29, 1.82) is 5.26 Å². The van der Waals surface area contributed by atoms with Crippen LogP contribution in [0, 0.1) is 11.3 Å². The van der Waals surface area contributed by atoms with E-state index >= 15 is 0 Å². The number of hydrogen-bond donors (Lipinski definition) is 0. The van der Waals surface area contributed by atoms with Crippen molar-refractivity contribution >= 4 is 15.7 Å². The maximum Gasteiger partial charge on any atom is 0.254 e. The van der Waals surface area contributed by atoms with E-state index in [0.29, 0.717) is 31.7 Å². The van der Waals surface area contributed by atoms with Gasteiger partial charge in [-0.15, -0.1) is 0 Å². The van der Waals surface area contributed by atoms with Gasteiger partial charge < -0.3 is 9.64 Å². The Morgan fingerprint density at radius 3 is 2.62 bits per heavy atom. The quantitative estimate of drug-likeness (QED) is 0.651. The summed E-state index contributed by atoms with van der Waals surface area (Å²) in [5, 5.41) is 8.56. The van der Waals surface area contributed by atoms with E-state index in [2.05, 4.69) is 0 Å². The molecule has 0 bridgehead atoms. The molecule has 0 spiro atoms. The third-order valence-corrected chi connectivity index (χ3v) is 6.77. The van der Waals surface area contributed by atoms with E-state index in [1.165, 1.54) is 17.7 Å². The molecule has 2 aromatic carbocycles. The average molecular weight is 413 g/mol. The van der Waals surface area contributed by atoms with Gasteiger partial charge in [0.25, 0.3) is 5.91 Å². The Morgan fingerprint density at radius 1 is 1.17 bits per heavy atom. The molecule has 0 aromatic heterocycles. The van der Waals surface area contributed by atoms with Crippen LogP contribution in [0.2, 0.25) is 0 Å². The number of amides is 1. The van der Waals surface area contributed by atoms with Crippen LogP contribution in [-0.4, -0.2) is 38.1 Å². The fourth-order valence-corrected chi connectivity index (χ4v) is 4.72. The van der Waals surface area contributed by atoms with Crippen LogP contribution in [0.3, 0.4) is 0 Å². The van der Waals surface area contributed by atoms with Crippen LogP contribution in [0.5, 0.6) is 5.75 Å². The Kier molecular flexibility index (Phi) is 6.55. The van der Waals surface area contributed by atoms with Gasteiger partial charge in [0.1, 0.15) is 5.75 Å². The Labute approximate surface area is 171 Å². The molecule has 1 heterocycles. The smallest absolute Gasteiger partial charge is 0.254 e. The first-order valence-corrected chi connectivity index (χ1v) is 11.3. The second-order valence-corrected chi connectivity index (χ2v) is 9.05. The van der Waals surface area contributed by atoms with Gasteiger partial charge in [0.2, 0.25) is 0 Å². The van der Waals surface area contributed by atoms with Crippen LogP contribution in [0.25, 0.3) is 0 Å². The van der Waals surface area contributed by atoms with Crippen LogP contribution in [-0.2, 0) is 22.8 Å². The molecule has 6 nitrogen and oxygen atoms in total. The summed E-state index contributed by atoms with van der Waals surface area (Å²) in [6, 6.07) is 14.0. The van der Waals surface area contributed by atoms with E-state index in [0.717, 1.165) is 17.7 Å². The number of unbranched alkanes of at least 4 members (excludes halogenated alkanes) is 1. The summed E-state index contributed by atoms with van der Waals surface area (Å²) in [4.78, 5) is 14.9. The maximum atomic E-state index is 12.9. The van der Waals surface area contributed by atoms with Crippen molar-refractivity contribution in [1.82, 2.24) is 4.90 Å².